The van der Waals surface area contributed by atoms with Crippen LogP contribution < -0.4 is 5.32 Å². The van der Waals surface area contributed by atoms with Crippen molar-refractivity contribution in [2.75, 3.05) is 0 Å². The molecule has 3 nitrogen and oxygen atoms in total. The minimum atomic E-state index is 0.851. The van der Waals surface area contributed by atoms with Gasteiger partial charge in [-0.25, -0.2) is 4.98 Å². The van der Waals surface area contributed by atoms with Crippen LogP contribution in [0.4, 0.5) is 0 Å². The Balaban J connectivity index is 1.85. The Morgan fingerprint density at radius 2 is 2.00 bits per heavy atom. The van der Waals surface area contributed by atoms with Crippen LogP contribution in [0.15, 0.2) is 41.3 Å². The summed E-state index contributed by atoms with van der Waals surface area (Å²) in [6, 6.07) is 8.36. The molecule has 0 spiro atoms. The van der Waals surface area contributed by atoms with Crippen molar-refractivity contribution >= 4 is 15.9 Å². The summed E-state index contributed by atoms with van der Waals surface area (Å²) >= 11 is 3.43. The Labute approximate surface area is 110 Å². The van der Waals surface area contributed by atoms with Gasteiger partial charge in [0.1, 0.15) is 0 Å². The van der Waals surface area contributed by atoms with E-state index in [2.05, 4.69) is 62.0 Å². The van der Waals surface area contributed by atoms with E-state index < -0.39 is 0 Å². The summed E-state index contributed by atoms with van der Waals surface area (Å²) in [7, 11) is 0. The molecule has 90 valence electrons. The average Bonchev–Trinajstić information content (AvgIpc) is 2.79. The molecule has 4 heteroatoms. The number of rotatable bonds is 5. The Kier molecular flexibility index (Phi) is 4.34. The van der Waals surface area contributed by atoms with Crippen LogP contribution in [0.25, 0.3) is 0 Å². The van der Waals surface area contributed by atoms with Gasteiger partial charge in [0, 0.05) is 30.3 Å². The molecule has 0 aliphatic rings. The third kappa shape index (κ3) is 3.41. The predicted molar refractivity (Wildman–Crippen MR) is 72.6 cm³/mol. The molecule has 0 unspecified atom stereocenters. The van der Waals surface area contributed by atoms with Crippen molar-refractivity contribution in [3.05, 3.63) is 52.5 Å². The summed E-state index contributed by atoms with van der Waals surface area (Å²) < 4.78 is 3.26. The molecule has 0 atom stereocenters. The number of hydrogen-bond acceptors (Lipinski definition) is 2. The lowest BCUT2D eigenvalue weighted by atomic mass is 10.2. The second-order valence-electron chi connectivity index (χ2n) is 3.90. The highest BCUT2D eigenvalue weighted by Crippen LogP contribution is 2.10. The highest BCUT2D eigenvalue weighted by Gasteiger charge is 1.99. The molecule has 0 aliphatic carbocycles. The molecule has 1 N–H and O–H groups in total. The van der Waals surface area contributed by atoms with E-state index >= 15 is 0 Å². The molecule has 1 aromatic heterocycles. The van der Waals surface area contributed by atoms with Gasteiger partial charge >= 0.3 is 0 Å². The summed E-state index contributed by atoms with van der Waals surface area (Å²) in [6.07, 6.45) is 3.79. The van der Waals surface area contributed by atoms with Crippen LogP contribution >= 0.6 is 15.9 Å². The van der Waals surface area contributed by atoms with Crippen molar-refractivity contribution in [1.82, 2.24) is 14.9 Å². The first-order valence-corrected chi connectivity index (χ1v) is 6.53. The largest absolute Gasteiger partial charge is 0.334 e. The van der Waals surface area contributed by atoms with Gasteiger partial charge in [-0.05, 0) is 24.6 Å². The van der Waals surface area contributed by atoms with E-state index in [1.807, 2.05) is 12.5 Å². The summed E-state index contributed by atoms with van der Waals surface area (Å²) in [5, 5.41) is 3.42. The van der Waals surface area contributed by atoms with Gasteiger partial charge in [0.2, 0.25) is 0 Å². The number of hydrogen-bond donors (Lipinski definition) is 1. The molecule has 0 radical (unpaired) electrons. The topological polar surface area (TPSA) is 29.9 Å². The van der Waals surface area contributed by atoms with Crippen LogP contribution in [0.3, 0.4) is 0 Å². The van der Waals surface area contributed by atoms with Crippen LogP contribution in [0.1, 0.15) is 18.2 Å². The third-order valence-corrected chi connectivity index (χ3v) is 3.22. The SMILES string of the molecule is CCn1cncc1CNCc1ccc(Br)cc1. The molecular weight excluding hydrogens is 278 g/mol. The Morgan fingerprint density at radius 3 is 2.71 bits per heavy atom. The van der Waals surface area contributed by atoms with Crippen LogP contribution in [-0.4, -0.2) is 9.55 Å². The van der Waals surface area contributed by atoms with Crippen molar-refractivity contribution in [3.63, 3.8) is 0 Å². The van der Waals surface area contributed by atoms with Gasteiger partial charge in [0.05, 0.1) is 12.0 Å². The molecule has 0 aliphatic heterocycles. The molecule has 0 bridgehead atoms. The fourth-order valence-electron chi connectivity index (χ4n) is 1.72. The van der Waals surface area contributed by atoms with E-state index in [1.165, 1.54) is 11.3 Å². The lowest BCUT2D eigenvalue weighted by Gasteiger charge is -2.07. The third-order valence-electron chi connectivity index (χ3n) is 2.69. The molecule has 0 amide bonds. The molecule has 2 aromatic rings. The fourth-order valence-corrected chi connectivity index (χ4v) is 1.98. The van der Waals surface area contributed by atoms with E-state index in [9.17, 15) is 0 Å². The Hall–Kier alpha value is -1.13. The van der Waals surface area contributed by atoms with Crippen molar-refractivity contribution in [1.29, 1.82) is 0 Å². The van der Waals surface area contributed by atoms with Gasteiger partial charge in [-0.15, -0.1) is 0 Å². The monoisotopic (exact) mass is 293 g/mol. The summed E-state index contributed by atoms with van der Waals surface area (Å²) in [5.41, 5.74) is 2.51. The van der Waals surface area contributed by atoms with Crippen molar-refractivity contribution in [2.45, 2.75) is 26.6 Å². The minimum absolute atomic E-state index is 0.851. The van der Waals surface area contributed by atoms with Gasteiger partial charge < -0.3 is 9.88 Å². The zero-order valence-corrected chi connectivity index (χ0v) is 11.4. The highest BCUT2D eigenvalue weighted by molar-refractivity contribution is 9.10. The number of benzene rings is 1. The number of nitrogens with one attached hydrogen (secondary N) is 1. The van der Waals surface area contributed by atoms with Crippen LogP contribution in [0, 0.1) is 0 Å². The molecule has 1 aromatic carbocycles. The van der Waals surface area contributed by atoms with Gasteiger partial charge in [-0.1, -0.05) is 28.1 Å². The number of aryl methyl sites for hydroxylation is 1. The second kappa shape index (κ2) is 5.98. The lowest BCUT2D eigenvalue weighted by molar-refractivity contribution is 0.628. The number of nitrogens with zero attached hydrogens (tertiary/aromatic N) is 2. The first-order valence-electron chi connectivity index (χ1n) is 5.73. The van der Waals surface area contributed by atoms with E-state index in [0.717, 1.165) is 24.1 Å². The van der Waals surface area contributed by atoms with Crippen molar-refractivity contribution in [3.8, 4) is 0 Å². The standard InChI is InChI=1S/C13H16BrN3/c1-2-17-10-16-9-13(17)8-15-7-11-3-5-12(14)6-4-11/h3-6,9-10,15H,2,7-8H2,1H3. The first kappa shape index (κ1) is 12.3. The Bertz CT molecular complexity index is 462. The second-order valence-corrected chi connectivity index (χ2v) is 4.82. The molecule has 17 heavy (non-hydrogen) atoms. The quantitative estimate of drug-likeness (QED) is 0.919. The summed E-state index contributed by atoms with van der Waals surface area (Å²) in [6.45, 7) is 4.82. The molecular formula is C13H16BrN3. The van der Waals surface area contributed by atoms with Gasteiger partial charge in [-0.3, -0.25) is 0 Å². The molecule has 0 saturated carbocycles. The maximum Gasteiger partial charge on any atom is 0.0948 e. The smallest absolute Gasteiger partial charge is 0.0948 e. The minimum Gasteiger partial charge on any atom is -0.334 e. The van der Waals surface area contributed by atoms with E-state index in [1.54, 1.807) is 0 Å². The highest BCUT2D eigenvalue weighted by atomic mass is 79.9. The zero-order chi connectivity index (χ0) is 12.1. The van der Waals surface area contributed by atoms with Gasteiger partial charge in [0.25, 0.3) is 0 Å². The van der Waals surface area contributed by atoms with Gasteiger partial charge in [0.15, 0.2) is 0 Å². The maximum atomic E-state index is 4.15. The molecule has 1 heterocycles. The molecule has 0 saturated heterocycles. The zero-order valence-electron chi connectivity index (χ0n) is 9.86. The fraction of sp³-hybridized carbons (Fsp3) is 0.308. The molecule has 0 fully saturated rings. The van der Waals surface area contributed by atoms with Crippen LogP contribution in [-0.2, 0) is 19.6 Å². The van der Waals surface area contributed by atoms with E-state index in [0.29, 0.717) is 0 Å². The average molecular weight is 294 g/mol. The number of aromatic nitrogens is 2. The first-order chi connectivity index (χ1) is 8.29. The van der Waals surface area contributed by atoms with E-state index in [4.69, 9.17) is 0 Å². The van der Waals surface area contributed by atoms with Crippen molar-refractivity contribution in [2.24, 2.45) is 0 Å². The molecule has 2 rings (SSSR count). The number of imidazole rings is 1. The van der Waals surface area contributed by atoms with Gasteiger partial charge in [-0.2, -0.15) is 0 Å². The van der Waals surface area contributed by atoms with Crippen molar-refractivity contribution < 1.29 is 0 Å². The van der Waals surface area contributed by atoms with Crippen LogP contribution in [0.2, 0.25) is 0 Å². The van der Waals surface area contributed by atoms with Crippen LogP contribution in [0.5, 0.6) is 0 Å². The maximum absolute atomic E-state index is 4.15. The van der Waals surface area contributed by atoms with E-state index in [-0.39, 0.29) is 0 Å². The summed E-state index contributed by atoms with van der Waals surface area (Å²) in [4.78, 5) is 4.15. The Morgan fingerprint density at radius 1 is 1.24 bits per heavy atom. The predicted octanol–water partition coefficient (Wildman–Crippen LogP) is 2.96. The number of halogens is 1. The summed E-state index contributed by atoms with van der Waals surface area (Å²) in [5.74, 6) is 0. The lowest BCUT2D eigenvalue weighted by Crippen LogP contribution is -2.15. The normalized spacial score (nSPS) is 10.7.